The number of rotatable bonds is 4. The minimum absolute atomic E-state index is 0.355. The third kappa shape index (κ3) is 2.98. The maximum atomic E-state index is 11.9. The fraction of sp³-hybridized carbons (Fsp3) is 0.533. The lowest BCUT2D eigenvalue weighted by Crippen LogP contribution is -2.27. The van der Waals surface area contributed by atoms with Gasteiger partial charge in [-0.05, 0) is 37.7 Å². The number of nitrogens with zero attached hydrogens (tertiary/aromatic N) is 1. The molecule has 116 valence electrons. The number of nitrogens with one attached hydrogen (secondary N) is 1. The molecule has 1 fully saturated rings. The zero-order valence-corrected chi connectivity index (χ0v) is 12.8. The molecule has 2 aliphatic rings. The van der Waals surface area contributed by atoms with E-state index >= 15 is 0 Å². The molecule has 0 unspecified atom stereocenters. The third-order valence-electron chi connectivity index (χ3n) is 3.82. The number of carbonyl (C=O) groups excluding carboxylic acids is 2. The van der Waals surface area contributed by atoms with Crippen LogP contribution in [-0.2, 0) is 31.9 Å². The van der Waals surface area contributed by atoms with E-state index in [2.05, 4.69) is 11.4 Å². The van der Waals surface area contributed by atoms with Crippen molar-refractivity contribution in [3.63, 3.8) is 0 Å². The first-order chi connectivity index (χ1) is 10.7. The maximum Gasteiger partial charge on any atom is 0.335 e. The number of hydrogen-bond acceptors (Lipinski definition) is 6. The molecule has 1 aromatic heterocycles. The SMILES string of the molecule is N#Cc1c(NC(=O)COC(=O)[C@H]2CCCO2)sc2c1CCC2. The molecule has 22 heavy (non-hydrogen) atoms. The fourth-order valence-corrected chi connectivity index (χ4v) is 4.02. The van der Waals surface area contributed by atoms with Gasteiger partial charge in [0.1, 0.15) is 11.1 Å². The molecule has 1 aromatic rings. The number of carbonyl (C=O) groups is 2. The van der Waals surface area contributed by atoms with E-state index in [0.717, 1.165) is 31.2 Å². The molecule has 0 saturated carbocycles. The van der Waals surface area contributed by atoms with Crippen LogP contribution < -0.4 is 5.32 Å². The van der Waals surface area contributed by atoms with Crippen molar-refractivity contribution in [3.8, 4) is 6.07 Å². The summed E-state index contributed by atoms with van der Waals surface area (Å²) in [6.07, 6.45) is 3.82. The quantitative estimate of drug-likeness (QED) is 0.854. The van der Waals surface area contributed by atoms with Gasteiger partial charge in [0.15, 0.2) is 12.7 Å². The zero-order chi connectivity index (χ0) is 15.5. The van der Waals surface area contributed by atoms with Crippen molar-refractivity contribution in [3.05, 3.63) is 16.0 Å². The van der Waals surface area contributed by atoms with Crippen LogP contribution in [0.2, 0.25) is 0 Å². The van der Waals surface area contributed by atoms with E-state index in [1.807, 2.05) is 0 Å². The van der Waals surface area contributed by atoms with Crippen molar-refractivity contribution in [1.29, 1.82) is 5.26 Å². The Bertz CT molecular complexity index is 641. The van der Waals surface area contributed by atoms with Gasteiger partial charge < -0.3 is 14.8 Å². The molecule has 1 aliphatic carbocycles. The molecule has 1 saturated heterocycles. The lowest BCUT2D eigenvalue weighted by molar-refractivity contribution is -0.156. The van der Waals surface area contributed by atoms with Crippen molar-refractivity contribution in [2.24, 2.45) is 0 Å². The largest absolute Gasteiger partial charge is 0.454 e. The van der Waals surface area contributed by atoms with Crippen LogP contribution in [0.3, 0.4) is 0 Å². The summed E-state index contributed by atoms with van der Waals surface area (Å²) in [4.78, 5) is 24.7. The Morgan fingerprint density at radius 3 is 3.00 bits per heavy atom. The highest BCUT2D eigenvalue weighted by Gasteiger charge is 2.26. The molecule has 3 rings (SSSR count). The number of amides is 1. The number of thiophene rings is 1. The number of aryl methyl sites for hydroxylation is 1. The molecule has 1 aliphatic heterocycles. The topological polar surface area (TPSA) is 88.4 Å². The zero-order valence-electron chi connectivity index (χ0n) is 12.0. The van der Waals surface area contributed by atoms with Crippen molar-refractivity contribution in [2.75, 3.05) is 18.5 Å². The minimum Gasteiger partial charge on any atom is -0.454 e. The summed E-state index contributed by atoms with van der Waals surface area (Å²) in [5.41, 5.74) is 1.61. The number of esters is 1. The molecule has 1 atom stereocenters. The Morgan fingerprint density at radius 1 is 1.41 bits per heavy atom. The Kier molecular flexibility index (Phi) is 4.41. The second kappa shape index (κ2) is 6.46. The number of fused-ring (bicyclic) bond motifs is 1. The summed E-state index contributed by atoms with van der Waals surface area (Å²) < 4.78 is 10.2. The van der Waals surface area contributed by atoms with Gasteiger partial charge in [0.25, 0.3) is 5.91 Å². The number of ether oxygens (including phenoxy) is 2. The summed E-state index contributed by atoms with van der Waals surface area (Å²) in [7, 11) is 0. The van der Waals surface area contributed by atoms with Crippen molar-refractivity contribution >= 4 is 28.2 Å². The summed E-state index contributed by atoms with van der Waals surface area (Å²) >= 11 is 1.44. The molecule has 2 heterocycles. The van der Waals surface area contributed by atoms with Gasteiger partial charge >= 0.3 is 5.97 Å². The van der Waals surface area contributed by atoms with Crippen LogP contribution in [0.4, 0.5) is 5.00 Å². The molecule has 0 aromatic carbocycles. The molecular weight excluding hydrogens is 304 g/mol. The Morgan fingerprint density at radius 2 is 2.27 bits per heavy atom. The normalized spacial score (nSPS) is 19.5. The van der Waals surface area contributed by atoms with Crippen LogP contribution in [0.5, 0.6) is 0 Å². The van der Waals surface area contributed by atoms with Crippen LogP contribution in [0.15, 0.2) is 0 Å². The molecule has 0 radical (unpaired) electrons. The second-order valence-corrected chi connectivity index (χ2v) is 6.44. The first kappa shape index (κ1) is 15.0. The van der Waals surface area contributed by atoms with Gasteiger partial charge in [0, 0.05) is 11.5 Å². The van der Waals surface area contributed by atoms with E-state index in [4.69, 9.17) is 9.47 Å². The lowest BCUT2D eigenvalue weighted by Gasteiger charge is -2.09. The Balaban J connectivity index is 1.56. The highest BCUT2D eigenvalue weighted by atomic mass is 32.1. The van der Waals surface area contributed by atoms with Crippen molar-refractivity contribution in [1.82, 2.24) is 0 Å². The Labute approximate surface area is 132 Å². The summed E-state index contributed by atoms with van der Waals surface area (Å²) in [6.45, 7) is 0.199. The predicted molar refractivity (Wildman–Crippen MR) is 79.6 cm³/mol. The van der Waals surface area contributed by atoms with Gasteiger partial charge in [0.05, 0.1) is 5.56 Å². The van der Waals surface area contributed by atoms with Gasteiger partial charge in [-0.2, -0.15) is 5.26 Å². The summed E-state index contributed by atoms with van der Waals surface area (Å²) in [6, 6.07) is 2.16. The van der Waals surface area contributed by atoms with Crippen molar-refractivity contribution in [2.45, 2.75) is 38.2 Å². The van der Waals surface area contributed by atoms with Gasteiger partial charge in [-0.1, -0.05) is 0 Å². The van der Waals surface area contributed by atoms with Crippen LogP contribution in [-0.4, -0.2) is 31.2 Å². The van der Waals surface area contributed by atoms with E-state index in [9.17, 15) is 14.9 Å². The predicted octanol–water partition coefficient (Wildman–Crippen LogP) is 1.77. The molecule has 7 heteroatoms. The highest BCUT2D eigenvalue weighted by molar-refractivity contribution is 7.16. The van der Waals surface area contributed by atoms with Gasteiger partial charge in [0.2, 0.25) is 0 Å². The smallest absolute Gasteiger partial charge is 0.335 e. The van der Waals surface area contributed by atoms with E-state index in [-0.39, 0.29) is 6.61 Å². The lowest BCUT2D eigenvalue weighted by atomic mass is 10.1. The molecular formula is C15H16N2O4S. The average molecular weight is 320 g/mol. The van der Waals surface area contributed by atoms with E-state index in [0.29, 0.717) is 23.6 Å². The molecule has 0 spiro atoms. The summed E-state index contributed by atoms with van der Waals surface area (Å²) in [5, 5.41) is 12.5. The van der Waals surface area contributed by atoms with E-state index < -0.39 is 18.0 Å². The number of hydrogen-bond donors (Lipinski definition) is 1. The molecule has 6 nitrogen and oxygen atoms in total. The van der Waals surface area contributed by atoms with E-state index in [1.165, 1.54) is 16.2 Å². The van der Waals surface area contributed by atoms with Crippen molar-refractivity contribution < 1.29 is 19.1 Å². The van der Waals surface area contributed by atoms with Gasteiger partial charge in [-0.15, -0.1) is 11.3 Å². The van der Waals surface area contributed by atoms with Crippen LogP contribution in [0.25, 0.3) is 0 Å². The second-order valence-electron chi connectivity index (χ2n) is 5.33. The monoisotopic (exact) mass is 320 g/mol. The highest BCUT2D eigenvalue weighted by Crippen LogP contribution is 2.38. The molecule has 0 bridgehead atoms. The number of nitriles is 1. The maximum absolute atomic E-state index is 11.9. The third-order valence-corrected chi connectivity index (χ3v) is 5.03. The first-order valence-electron chi connectivity index (χ1n) is 7.31. The first-order valence-corrected chi connectivity index (χ1v) is 8.13. The standard InChI is InChI=1S/C15H16N2O4S/c16-7-10-9-3-1-5-12(9)22-14(10)17-13(18)8-21-15(19)11-4-2-6-20-11/h11H,1-6,8H2,(H,17,18)/t11-/m1/s1. The van der Waals surface area contributed by atoms with Crippen LogP contribution >= 0.6 is 11.3 Å². The summed E-state index contributed by atoms with van der Waals surface area (Å²) in [5.74, 6) is -0.926. The van der Waals surface area contributed by atoms with E-state index in [1.54, 1.807) is 0 Å². The van der Waals surface area contributed by atoms with Crippen LogP contribution in [0, 0.1) is 11.3 Å². The minimum atomic E-state index is -0.548. The van der Waals surface area contributed by atoms with Gasteiger partial charge in [-0.3, -0.25) is 4.79 Å². The van der Waals surface area contributed by atoms with Crippen LogP contribution in [0.1, 0.15) is 35.3 Å². The Hall–Kier alpha value is -1.91. The fourth-order valence-electron chi connectivity index (χ4n) is 2.77. The molecule has 1 amide bonds. The molecule has 1 N–H and O–H groups in total. The average Bonchev–Trinajstić information content (AvgIpc) is 3.21. The van der Waals surface area contributed by atoms with Gasteiger partial charge in [-0.25, -0.2) is 4.79 Å². The number of anilines is 1.